The van der Waals surface area contributed by atoms with Crippen LogP contribution in [0, 0.1) is 5.92 Å². The molecule has 2 heterocycles. The topological polar surface area (TPSA) is 59.8 Å². The third-order valence-electron chi connectivity index (χ3n) is 3.43. The first-order valence-electron chi connectivity index (χ1n) is 7.41. The van der Waals surface area contributed by atoms with Crippen molar-refractivity contribution in [2.75, 3.05) is 5.32 Å². The second-order valence-corrected chi connectivity index (χ2v) is 5.90. The van der Waals surface area contributed by atoms with Gasteiger partial charge in [-0.1, -0.05) is 19.9 Å². The van der Waals surface area contributed by atoms with Crippen LogP contribution in [0.25, 0.3) is 16.9 Å². The maximum atomic E-state index is 12.9. The van der Waals surface area contributed by atoms with Crippen LogP contribution in [0.15, 0.2) is 30.4 Å². The van der Waals surface area contributed by atoms with Gasteiger partial charge in [0.05, 0.1) is 5.70 Å². The lowest BCUT2D eigenvalue weighted by atomic mass is 10.1. The fourth-order valence-corrected chi connectivity index (χ4v) is 2.32. The van der Waals surface area contributed by atoms with Crippen LogP contribution in [-0.2, 0) is 11.0 Å². The van der Waals surface area contributed by atoms with Crippen LogP contribution in [0.4, 0.5) is 19.1 Å². The number of nitrogens with one attached hydrogen (secondary N) is 1. The summed E-state index contributed by atoms with van der Waals surface area (Å²) >= 11 is 0. The quantitative estimate of drug-likeness (QED) is 0.923. The van der Waals surface area contributed by atoms with Crippen LogP contribution in [0.2, 0.25) is 0 Å². The summed E-state index contributed by atoms with van der Waals surface area (Å²) in [6.07, 6.45) is 0.907. The third-order valence-corrected chi connectivity index (χ3v) is 3.43. The van der Waals surface area contributed by atoms with E-state index in [-0.39, 0.29) is 28.9 Å². The molecule has 1 aliphatic rings. The molecule has 5 nitrogen and oxygen atoms in total. The molecule has 0 saturated carbocycles. The Kier molecular flexibility index (Phi) is 3.90. The third kappa shape index (κ3) is 3.04. The van der Waals surface area contributed by atoms with Crippen LogP contribution in [0.5, 0.6) is 0 Å². The predicted molar refractivity (Wildman–Crippen MR) is 84.0 cm³/mol. The van der Waals surface area contributed by atoms with Gasteiger partial charge in [0, 0.05) is 6.42 Å². The Morgan fingerprint density at radius 3 is 2.54 bits per heavy atom. The predicted octanol–water partition coefficient (Wildman–Crippen LogP) is 3.85. The van der Waals surface area contributed by atoms with Gasteiger partial charge >= 0.3 is 6.18 Å². The van der Waals surface area contributed by atoms with E-state index in [9.17, 15) is 18.0 Å². The zero-order valence-electron chi connectivity index (χ0n) is 13.1. The highest BCUT2D eigenvalue weighted by molar-refractivity contribution is 5.93. The lowest BCUT2D eigenvalue weighted by Crippen LogP contribution is -2.17. The second-order valence-electron chi connectivity index (χ2n) is 5.90. The zero-order valence-corrected chi connectivity index (χ0v) is 13.1. The first-order valence-corrected chi connectivity index (χ1v) is 7.41. The summed E-state index contributed by atoms with van der Waals surface area (Å²) in [6.45, 7) is 3.80. The van der Waals surface area contributed by atoms with Crippen LogP contribution < -0.4 is 5.32 Å². The van der Waals surface area contributed by atoms with Gasteiger partial charge < -0.3 is 0 Å². The summed E-state index contributed by atoms with van der Waals surface area (Å²) in [5.41, 5.74) is -0.0476. The van der Waals surface area contributed by atoms with Crippen molar-refractivity contribution in [3.05, 3.63) is 36.1 Å². The van der Waals surface area contributed by atoms with E-state index in [1.54, 1.807) is 18.2 Å². The fraction of sp³-hybridized carbons (Fsp3) is 0.312. The molecule has 8 heteroatoms. The number of carbonyl (C=O) groups excluding carboxylic acids is 1. The van der Waals surface area contributed by atoms with E-state index >= 15 is 0 Å². The number of rotatable bonds is 4. The first-order chi connectivity index (χ1) is 11.3. The van der Waals surface area contributed by atoms with E-state index in [0.717, 1.165) is 6.07 Å². The summed E-state index contributed by atoms with van der Waals surface area (Å²) in [5, 5.41) is 2.66. The molecule has 0 aromatic carbocycles. The summed E-state index contributed by atoms with van der Waals surface area (Å²) in [4.78, 5) is 19.9. The molecule has 2 aromatic heterocycles. The van der Waals surface area contributed by atoms with Gasteiger partial charge in [0.1, 0.15) is 11.2 Å². The van der Waals surface area contributed by atoms with E-state index in [0.29, 0.717) is 12.1 Å². The van der Waals surface area contributed by atoms with Crippen LogP contribution >= 0.6 is 0 Å². The Hall–Kier alpha value is -2.64. The second kappa shape index (κ2) is 5.77. The molecule has 0 aliphatic heterocycles. The fourth-order valence-electron chi connectivity index (χ4n) is 2.32. The molecule has 0 fully saturated rings. The normalized spacial score (nSPS) is 14.0. The lowest BCUT2D eigenvalue weighted by molar-refractivity contribution is -0.141. The van der Waals surface area contributed by atoms with Crippen LogP contribution in [0.1, 0.15) is 26.0 Å². The Bertz CT molecular complexity index is 862. The van der Waals surface area contributed by atoms with Gasteiger partial charge in [-0.05, 0) is 30.2 Å². The highest BCUT2D eigenvalue weighted by Crippen LogP contribution is 2.32. The number of carbonyl (C=O) groups is 1. The monoisotopic (exact) mass is 336 g/mol. The molecule has 0 saturated heterocycles. The summed E-state index contributed by atoms with van der Waals surface area (Å²) in [5.74, 6) is 0.0696. The Balaban J connectivity index is 2.07. The summed E-state index contributed by atoms with van der Waals surface area (Å²) in [6, 6.07) is 2.13. The highest BCUT2D eigenvalue weighted by Gasteiger charge is 2.33. The van der Waals surface area contributed by atoms with Gasteiger partial charge in [0.25, 0.3) is 0 Å². The van der Waals surface area contributed by atoms with Crippen molar-refractivity contribution in [1.29, 1.82) is 0 Å². The van der Waals surface area contributed by atoms with E-state index < -0.39 is 11.9 Å². The van der Waals surface area contributed by atoms with Crippen molar-refractivity contribution in [1.82, 2.24) is 14.5 Å². The number of alkyl halides is 3. The lowest BCUT2D eigenvalue weighted by Gasteiger charge is -2.14. The molecule has 3 rings (SSSR count). The summed E-state index contributed by atoms with van der Waals surface area (Å²) < 4.78 is 40.2. The van der Waals surface area contributed by atoms with Gasteiger partial charge in [-0.25, -0.2) is 9.97 Å². The van der Waals surface area contributed by atoms with Crippen molar-refractivity contribution in [3.63, 3.8) is 0 Å². The zero-order chi connectivity index (χ0) is 17.5. The summed E-state index contributed by atoms with van der Waals surface area (Å²) in [7, 11) is 0. The van der Waals surface area contributed by atoms with Gasteiger partial charge in [0.15, 0.2) is 5.65 Å². The standard InChI is InChI=1S/C16H15F3N4O/c1-9(2)8-13(24)22-15-20-11-6-7-12(16(17,18)19)21-14(11)23(15)10-4-3-5-10/h3-7,9H,8H2,1-2H3,(H,20,22,24). The molecule has 0 spiro atoms. The number of amides is 1. The van der Waals surface area contributed by atoms with Crippen molar-refractivity contribution in [3.8, 4) is 0 Å². The number of allylic oxidation sites excluding steroid dienone is 4. The van der Waals surface area contributed by atoms with Gasteiger partial charge in [-0.2, -0.15) is 13.2 Å². The molecule has 1 N–H and O–H groups in total. The smallest absolute Gasteiger partial charge is 0.296 e. The highest BCUT2D eigenvalue weighted by atomic mass is 19.4. The van der Waals surface area contributed by atoms with Gasteiger partial charge in [-0.3, -0.25) is 14.7 Å². The molecule has 0 radical (unpaired) electrons. The Labute approximate surface area is 135 Å². The number of anilines is 1. The van der Waals surface area contributed by atoms with E-state index in [1.807, 2.05) is 13.8 Å². The average molecular weight is 336 g/mol. The maximum absolute atomic E-state index is 12.9. The van der Waals surface area contributed by atoms with E-state index in [4.69, 9.17) is 0 Å². The molecule has 126 valence electrons. The molecule has 0 bridgehead atoms. The van der Waals surface area contributed by atoms with Crippen LogP contribution in [0.3, 0.4) is 0 Å². The minimum atomic E-state index is -4.55. The van der Waals surface area contributed by atoms with E-state index in [1.165, 1.54) is 10.6 Å². The number of pyridine rings is 1. The number of imidazole rings is 1. The number of halogens is 3. The largest absolute Gasteiger partial charge is 0.433 e. The number of aromatic nitrogens is 3. The van der Waals surface area contributed by atoms with Crippen LogP contribution in [-0.4, -0.2) is 20.4 Å². The van der Waals surface area contributed by atoms with Crippen molar-refractivity contribution in [2.45, 2.75) is 26.4 Å². The molecule has 0 atom stereocenters. The van der Waals surface area contributed by atoms with Gasteiger partial charge in [0.2, 0.25) is 11.9 Å². The van der Waals surface area contributed by atoms with Crippen molar-refractivity contribution in [2.24, 2.45) is 5.92 Å². The first kappa shape index (κ1) is 16.2. The molecule has 0 unspecified atom stereocenters. The minimum Gasteiger partial charge on any atom is -0.296 e. The van der Waals surface area contributed by atoms with Crippen molar-refractivity contribution < 1.29 is 18.0 Å². The molecule has 24 heavy (non-hydrogen) atoms. The molecule has 1 aliphatic carbocycles. The van der Waals surface area contributed by atoms with Crippen molar-refractivity contribution >= 4 is 28.7 Å². The Morgan fingerprint density at radius 1 is 1.29 bits per heavy atom. The molecule has 1 amide bonds. The number of fused-ring (bicyclic) bond motifs is 1. The SMILES string of the molecule is CC(C)CC(=O)Nc1nc2ccc(C(F)(F)F)nc2n1C1=CC=C1. The number of nitrogens with zero attached hydrogens (tertiary/aromatic N) is 3. The van der Waals surface area contributed by atoms with Gasteiger partial charge in [-0.15, -0.1) is 0 Å². The molecular weight excluding hydrogens is 321 g/mol. The molecular formula is C16H15F3N4O. The Morgan fingerprint density at radius 2 is 2.00 bits per heavy atom. The van der Waals surface area contributed by atoms with E-state index in [2.05, 4.69) is 15.3 Å². The maximum Gasteiger partial charge on any atom is 0.433 e. The minimum absolute atomic E-state index is 0.0558. The average Bonchev–Trinajstić information content (AvgIpc) is 2.72. The number of hydrogen-bond donors (Lipinski definition) is 1. The molecule has 2 aromatic rings. The number of hydrogen-bond acceptors (Lipinski definition) is 3.